The second-order valence-corrected chi connectivity index (χ2v) is 15.0. The second kappa shape index (κ2) is 11.4. The molecule has 0 spiro atoms. The Balaban J connectivity index is 1.04. The highest BCUT2D eigenvalue weighted by molar-refractivity contribution is 6.19. The quantitative estimate of drug-likeness (QED) is 0.182. The fraction of sp³-hybridized carbons (Fsp3) is 0. The van der Waals surface area contributed by atoms with Crippen LogP contribution in [0.2, 0.25) is 0 Å². The number of nitrogens with zero attached hydrogens (tertiary/aromatic N) is 4. The van der Waals surface area contributed by atoms with Gasteiger partial charge in [-0.15, -0.1) is 0 Å². The fourth-order valence-electron chi connectivity index (χ4n) is 9.30. The molecule has 5 nitrogen and oxygen atoms in total. The van der Waals surface area contributed by atoms with Crippen LogP contribution >= 0.6 is 0 Å². The number of hydrogen-bond donors (Lipinski definition) is 0. The van der Waals surface area contributed by atoms with Gasteiger partial charge < -0.3 is 9.30 Å². The first-order valence-corrected chi connectivity index (χ1v) is 19.3. The molecular weight excluding hydrogens is 697 g/mol. The molecule has 264 valence electrons. The van der Waals surface area contributed by atoms with Crippen molar-refractivity contribution in [2.45, 2.75) is 0 Å². The van der Waals surface area contributed by atoms with E-state index in [-0.39, 0.29) is 0 Å². The summed E-state index contributed by atoms with van der Waals surface area (Å²) in [7, 11) is 0. The summed E-state index contributed by atoms with van der Waals surface area (Å²) in [5.41, 5.74) is 10.7. The van der Waals surface area contributed by atoms with Gasteiger partial charge in [0.15, 0.2) is 0 Å². The van der Waals surface area contributed by atoms with E-state index in [2.05, 4.69) is 161 Å². The van der Waals surface area contributed by atoms with Gasteiger partial charge in [-0.3, -0.25) is 4.57 Å². The average molecular weight is 727 g/mol. The van der Waals surface area contributed by atoms with Crippen LogP contribution in [0.1, 0.15) is 0 Å². The third kappa shape index (κ3) is 4.34. The Hall–Kier alpha value is -7.76. The molecule has 0 unspecified atom stereocenters. The lowest BCUT2D eigenvalue weighted by molar-refractivity contribution is 0.486. The minimum atomic E-state index is 0.637. The molecule has 9 aromatic carbocycles. The van der Waals surface area contributed by atoms with E-state index in [0.29, 0.717) is 5.95 Å². The molecule has 13 rings (SSSR count). The molecule has 1 aliphatic rings. The van der Waals surface area contributed by atoms with E-state index in [9.17, 15) is 0 Å². The third-order valence-electron chi connectivity index (χ3n) is 11.9. The lowest BCUT2D eigenvalue weighted by Crippen LogP contribution is -2.06. The molecule has 5 heteroatoms. The molecule has 0 bridgehead atoms. The Morgan fingerprint density at radius 3 is 1.95 bits per heavy atom. The van der Waals surface area contributed by atoms with Crippen molar-refractivity contribution in [3.63, 3.8) is 0 Å². The van der Waals surface area contributed by atoms with Crippen molar-refractivity contribution in [2.75, 3.05) is 0 Å². The molecule has 0 fully saturated rings. The van der Waals surface area contributed by atoms with Gasteiger partial charge in [-0.1, -0.05) is 115 Å². The number of para-hydroxylation sites is 2. The van der Waals surface area contributed by atoms with Gasteiger partial charge >= 0.3 is 0 Å². The van der Waals surface area contributed by atoms with E-state index in [0.717, 1.165) is 72.1 Å². The van der Waals surface area contributed by atoms with Crippen molar-refractivity contribution in [3.05, 3.63) is 182 Å². The predicted octanol–water partition coefficient (Wildman–Crippen LogP) is 13.6. The van der Waals surface area contributed by atoms with Crippen LogP contribution in [0.5, 0.6) is 11.5 Å². The Bertz CT molecular complexity index is 3690. The molecule has 4 heterocycles. The van der Waals surface area contributed by atoms with Gasteiger partial charge in [0.05, 0.1) is 38.7 Å². The first-order chi connectivity index (χ1) is 28.2. The summed E-state index contributed by atoms with van der Waals surface area (Å²) in [6.07, 6.45) is 0. The summed E-state index contributed by atoms with van der Waals surface area (Å²) >= 11 is 0. The maximum absolute atomic E-state index is 6.33. The van der Waals surface area contributed by atoms with Crippen LogP contribution in [0.15, 0.2) is 182 Å². The minimum Gasteiger partial charge on any atom is -0.456 e. The second-order valence-electron chi connectivity index (χ2n) is 15.0. The van der Waals surface area contributed by atoms with Gasteiger partial charge in [0.2, 0.25) is 5.95 Å². The maximum atomic E-state index is 6.33. The van der Waals surface area contributed by atoms with E-state index in [1.165, 1.54) is 43.5 Å². The Labute approximate surface area is 326 Å². The van der Waals surface area contributed by atoms with Crippen molar-refractivity contribution in [1.82, 2.24) is 19.1 Å². The molecule has 3 aromatic heterocycles. The summed E-state index contributed by atoms with van der Waals surface area (Å²) < 4.78 is 11.0. The van der Waals surface area contributed by atoms with E-state index in [4.69, 9.17) is 14.7 Å². The van der Waals surface area contributed by atoms with Crippen LogP contribution < -0.4 is 4.74 Å². The number of aromatic nitrogens is 4. The van der Waals surface area contributed by atoms with E-state index >= 15 is 0 Å². The Kier molecular flexibility index (Phi) is 6.10. The zero-order valence-corrected chi connectivity index (χ0v) is 30.5. The lowest BCUT2D eigenvalue weighted by atomic mass is 10.00. The molecular formula is C52H30N4O. The molecule has 0 saturated heterocycles. The maximum Gasteiger partial charge on any atom is 0.235 e. The van der Waals surface area contributed by atoms with Gasteiger partial charge in [-0.05, 0) is 94.0 Å². The summed E-state index contributed by atoms with van der Waals surface area (Å²) in [6, 6.07) is 65.1. The molecule has 0 saturated carbocycles. The standard InChI is InChI=1S/C52H30N4O/c1-2-12-33-28-36(24-20-31(33)10-1)55-44-17-7-5-14-38(44)41-29-34(22-26-45(41)55)35-23-27-46-42(30-35)39-25-21-32-11-3-4-13-37(32)51(39)56(46)52-53-43-16-9-19-48-49(43)50(54-52)40-15-6-8-18-47(40)57-48/h1-30H. The van der Waals surface area contributed by atoms with Crippen molar-refractivity contribution >= 4 is 76.1 Å². The van der Waals surface area contributed by atoms with Crippen LogP contribution in [-0.4, -0.2) is 19.1 Å². The summed E-state index contributed by atoms with van der Waals surface area (Å²) in [4.78, 5) is 10.6. The molecule has 0 radical (unpaired) electrons. The Morgan fingerprint density at radius 2 is 1.07 bits per heavy atom. The molecule has 0 amide bonds. The van der Waals surface area contributed by atoms with E-state index < -0.39 is 0 Å². The first kappa shape index (κ1) is 30.6. The SMILES string of the molecule is c1ccc2c(c1)Oc1cccc3nc(-n4c5ccc(-c6ccc7c(c6)c6ccccc6n7-c6ccc7ccccc7c6)cc5c5ccc6ccccc6c54)nc-2c13. The average Bonchev–Trinajstić information content (AvgIpc) is 3.79. The highest BCUT2D eigenvalue weighted by Crippen LogP contribution is 2.46. The third-order valence-corrected chi connectivity index (χ3v) is 11.9. The largest absolute Gasteiger partial charge is 0.456 e. The van der Waals surface area contributed by atoms with Gasteiger partial charge in [0.25, 0.3) is 0 Å². The Morgan fingerprint density at radius 1 is 0.404 bits per heavy atom. The molecule has 0 atom stereocenters. The monoisotopic (exact) mass is 726 g/mol. The summed E-state index contributed by atoms with van der Waals surface area (Å²) in [6.45, 7) is 0. The van der Waals surface area contributed by atoms with Crippen molar-refractivity contribution in [2.24, 2.45) is 0 Å². The van der Waals surface area contributed by atoms with E-state index in [1.54, 1.807) is 0 Å². The van der Waals surface area contributed by atoms with Crippen molar-refractivity contribution in [1.29, 1.82) is 0 Å². The normalized spacial score (nSPS) is 12.4. The number of ether oxygens (including phenoxy) is 1. The lowest BCUT2D eigenvalue weighted by Gasteiger charge is -2.21. The molecule has 0 aliphatic carbocycles. The smallest absolute Gasteiger partial charge is 0.235 e. The highest BCUT2D eigenvalue weighted by Gasteiger charge is 2.25. The van der Waals surface area contributed by atoms with Gasteiger partial charge in [-0.2, -0.15) is 0 Å². The zero-order chi connectivity index (χ0) is 37.2. The van der Waals surface area contributed by atoms with Crippen molar-refractivity contribution in [3.8, 4) is 45.5 Å². The molecule has 12 aromatic rings. The highest BCUT2D eigenvalue weighted by atomic mass is 16.5. The number of fused-ring (bicyclic) bond motifs is 11. The minimum absolute atomic E-state index is 0.637. The number of rotatable bonds is 3. The molecule has 0 N–H and O–H groups in total. The van der Waals surface area contributed by atoms with Crippen molar-refractivity contribution < 1.29 is 4.74 Å². The van der Waals surface area contributed by atoms with Crippen LogP contribution in [0.3, 0.4) is 0 Å². The molecule has 57 heavy (non-hydrogen) atoms. The first-order valence-electron chi connectivity index (χ1n) is 19.3. The number of benzene rings is 9. The molecule has 1 aliphatic heterocycles. The summed E-state index contributed by atoms with van der Waals surface area (Å²) in [5.74, 6) is 2.22. The van der Waals surface area contributed by atoms with Gasteiger partial charge in [0, 0.05) is 38.2 Å². The van der Waals surface area contributed by atoms with Gasteiger partial charge in [-0.25, -0.2) is 9.97 Å². The zero-order valence-electron chi connectivity index (χ0n) is 30.5. The predicted molar refractivity (Wildman–Crippen MR) is 234 cm³/mol. The topological polar surface area (TPSA) is 44.9 Å². The van der Waals surface area contributed by atoms with Crippen LogP contribution in [0.25, 0.3) is 110 Å². The summed E-state index contributed by atoms with van der Waals surface area (Å²) in [5, 5.41) is 10.5. The van der Waals surface area contributed by atoms with Crippen LogP contribution in [0, 0.1) is 0 Å². The van der Waals surface area contributed by atoms with E-state index in [1.807, 2.05) is 30.3 Å². The van der Waals surface area contributed by atoms with Gasteiger partial charge in [0.1, 0.15) is 11.5 Å². The number of hydrogen-bond acceptors (Lipinski definition) is 3. The van der Waals surface area contributed by atoms with Crippen LogP contribution in [0.4, 0.5) is 0 Å². The van der Waals surface area contributed by atoms with Crippen LogP contribution in [-0.2, 0) is 0 Å². The fourth-order valence-corrected chi connectivity index (χ4v) is 9.30.